The lowest BCUT2D eigenvalue weighted by atomic mass is 9.76. The maximum absolute atomic E-state index is 6.52. The normalized spacial score (nSPS) is 30.6. The molecule has 0 spiro atoms. The smallest absolute Gasteiger partial charge is 0.152 e. The Hall–Kier alpha value is -0.900. The maximum Gasteiger partial charge on any atom is 0.152 e. The molecular weight excluding hydrogens is 200 g/mol. The minimum atomic E-state index is -0.247. The Balaban J connectivity index is 2.23. The highest BCUT2D eigenvalue weighted by Gasteiger charge is 2.36. The van der Waals surface area contributed by atoms with Gasteiger partial charge in [-0.05, 0) is 25.2 Å². The van der Waals surface area contributed by atoms with Crippen LogP contribution in [0.5, 0.6) is 0 Å². The number of nitrogens with two attached hydrogens (primary N) is 1. The number of aryl methyl sites for hydroxylation is 1. The van der Waals surface area contributed by atoms with E-state index >= 15 is 0 Å². The van der Waals surface area contributed by atoms with Crippen LogP contribution in [-0.2, 0) is 12.1 Å². The Morgan fingerprint density at radius 2 is 2.44 bits per heavy atom. The van der Waals surface area contributed by atoms with Crippen LogP contribution in [-0.4, -0.2) is 14.8 Å². The molecular formula is C12H22N4. The third-order valence-corrected chi connectivity index (χ3v) is 3.56. The summed E-state index contributed by atoms with van der Waals surface area (Å²) < 4.78 is 2.12. The van der Waals surface area contributed by atoms with Crippen molar-refractivity contribution in [1.82, 2.24) is 14.8 Å². The summed E-state index contributed by atoms with van der Waals surface area (Å²) in [6, 6.07) is 0. The van der Waals surface area contributed by atoms with Crippen molar-refractivity contribution < 1.29 is 0 Å². The van der Waals surface area contributed by atoms with E-state index in [0.717, 1.165) is 31.6 Å². The first kappa shape index (κ1) is 11.6. The van der Waals surface area contributed by atoms with E-state index in [-0.39, 0.29) is 5.54 Å². The van der Waals surface area contributed by atoms with Crippen molar-refractivity contribution in [3.8, 4) is 0 Å². The van der Waals surface area contributed by atoms with Crippen molar-refractivity contribution in [2.75, 3.05) is 0 Å². The second kappa shape index (κ2) is 4.53. The Kier molecular flexibility index (Phi) is 3.28. The van der Waals surface area contributed by atoms with E-state index in [1.54, 1.807) is 0 Å². The molecule has 0 bridgehead atoms. The summed E-state index contributed by atoms with van der Waals surface area (Å²) in [5, 5.41) is 8.27. The molecule has 1 saturated carbocycles. The summed E-state index contributed by atoms with van der Waals surface area (Å²) in [6.45, 7) is 5.41. The van der Waals surface area contributed by atoms with Gasteiger partial charge in [-0.1, -0.05) is 26.7 Å². The maximum atomic E-state index is 6.52. The third-order valence-electron chi connectivity index (χ3n) is 3.56. The average Bonchev–Trinajstić information content (AvgIpc) is 2.67. The molecule has 1 aromatic rings. The molecule has 2 N–H and O–H groups in total. The Morgan fingerprint density at radius 3 is 3.12 bits per heavy atom. The number of hydrogen-bond acceptors (Lipinski definition) is 3. The molecule has 0 amide bonds. The molecule has 1 heterocycles. The second-order valence-corrected chi connectivity index (χ2v) is 5.21. The minimum absolute atomic E-state index is 0.247. The first-order valence-corrected chi connectivity index (χ1v) is 6.33. The van der Waals surface area contributed by atoms with Gasteiger partial charge in [0.15, 0.2) is 5.82 Å². The van der Waals surface area contributed by atoms with Crippen LogP contribution in [0.3, 0.4) is 0 Å². The molecule has 4 heteroatoms. The van der Waals surface area contributed by atoms with Gasteiger partial charge >= 0.3 is 0 Å². The van der Waals surface area contributed by atoms with Gasteiger partial charge in [-0.25, -0.2) is 0 Å². The molecule has 1 aromatic heterocycles. The first-order chi connectivity index (χ1) is 7.65. The van der Waals surface area contributed by atoms with Gasteiger partial charge in [-0.2, -0.15) is 0 Å². The van der Waals surface area contributed by atoms with Crippen LogP contribution < -0.4 is 5.73 Å². The number of hydrogen-bond donors (Lipinski definition) is 1. The van der Waals surface area contributed by atoms with Gasteiger partial charge in [0.2, 0.25) is 0 Å². The van der Waals surface area contributed by atoms with Crippen LogP contribution >= 0.6 is 0 Å². The third kappa shape index (κ3) is 2.12. The van der Waals surface area contributed by atoms with Crippen molar-refractivity contribution in [3.63, 3.8) is 0 Å². The van der Waals surface area contributed by atoms with E-state index in [1.165, 1.54) is 12.8 Å². The van der Waals surface area contributed by atoms with Crippen LogP contribution in [0.25, 0.3) is 0 Å². The van der Waals surface area contributed by atoms with Crippen LogP contribution in [0.15, 0.2) is 6.33 Å². The molecule has 0 saturated heterocycles. The van der Waals surface area contributed by atoms with Crippen molar-refractivity contribution in [3.05, 3.63) is 12.2 Å². The Bertz CT molecular complexity index is 347. The van der Waals surface area contributed by atoms with Crippen molar-refractivity contribution >= 4 is 0 Å². The zero-order valence-corrected chi connectivity index (χ0v) is 10.3. The molecule has 16 heavy (non-hydrogen) atoms. The van der Waals surface area contributed by atoms with Crippen LogP contribution in [0.1, 0.15) is 51.8 Å². The summed E-state index contributed by atoms with van der Waals surface area (Å²) in [5.41, 5.74) is 6.28. The summed E-state index contributed by atoms with van der Waals surface area (Å²) in [7, 11) is 0. The first-order valence-electron chi connectivity index (χ1n) is 6.33. The number of rotatable bonds is 3. The summed E-state index contributed by atoms with van der Waals surface area (Å²) >= 11 is 0. The molecule has 1 aliphatic carbocycles. The van der Waals surface area contributed by atoms with Crippen LogP contribution in [0.2, 0.25) is 0 Å². The molecule has 1 fully saturated rings. The van der Waals surface area contributed by atoms with Gasteiger partial charge in [0.1, 0.15) is 6.33 Å². The van der Waals surface area contributed by atoms with Gasteiger partial charge in [0.05, 0.1) is 5.54 Å². The van der Waals surface area contributed by atoms with E-state index in [2.05, 4.69) is 28.6 Å². The average molecular weight is 222 g/mol. The fourth-order valence-electron chi connectivity index (χ4n) is 2.84. The fourth-order valence-corrected chi connectivity index (χ4v) is 2.84. The standard InChI is InChI=1S/C12H22N4/c1-3-7-16-9-14-15-11(16)12(13)6-4-5-10(2)8-12/h9-10H,3-8,13H2,1-2H3. The zero-order valence-electron chi connectivity index (χ0n) is 10.3. The molecule has 4 nitrogen and oxygen atoms in total. The molecule has 2 atom stereocenters. The predicted octanol–water partition coefficient (Wildman–Crippen LogP) is 2.05. The molecule has 0 aliphatic heterocycles. The minimum Gasteiger partial charge on any atom is -0.319 e. The molecule has 1 aliphatic rings. The lowest BCUT2D eigenvalue weighted by Gasteiger charge is -2.35. The molecule has 0 aromatic carbocycles. The largest absolute Gasteiger partial charge is 0.319 e. The summed E-state index contributed by atoms with van der Waals surface area (Å²) in [5.74, 6) is 1.69. The molecule has 2 unspecified atom stereocenters. The zero-order chi connectivity index (χ0) is 11.6. The topological polar surface area (TPSA) is 56.7 Å². The van der Waals surface area contributed by atoms with Gasteiger partial charge in [-0.3, -0.25) is 0 Å². The van der Waals surface area contributed by atoms with E-state index < -0.39 is 0 Å². The van der Waals surface area contributed by atoms with Gasteiger partial charge in [0, 0.05) is 6.54 Å². The molecule has 0 radical (unpaired) electrons. The highest BCUT2D eigenvalue weighted by molar-refractivity contribution is 5.07. The van der Waals surface area contributed by atoms with E-state index in [4.69, 9.17) is 5.73 Å². The second-order valence-electron chi connectivity index (χ2n) is 5.21. The lowest BCUT2D eigenvalue weighted by Crippen LogP contribution is -2.43. The van der Waals surface area contributed by atoms with Crippen LogP contribution in [0, 0.1) is 5.92 Å². The van der Waals surface area contributed by atoms with Crippen LogP contribution in [0.4, 0.5) is 0 Å². The summed E-state index contributed by atoms with van der Waals surface area (Å²) in [6.07, 6.45) is 7.48. The van der Waals surface area contributed by atoms with E-state index in [9.17, 15) is 0 Å². The highest BCUT2D eigenvalue weighted by Crippen LogP contribution is 2.36. The molecule has 2 rings (SSSR count). The fraction of sp³-hybridized carbons (Fsp3) is 0.833. The SMILES string of the molecule is CCCn1cnnc1C1(N)CCCC(C)C1. The van der Waals surface area contributed by atoms with Gasteiger partial charge in [-0.15, -0.1) is 10.2 Å². The van der Waals surface area contributed by atoms with Gasteiger partial charge in [0.25, 0.3) is 0 Å². The van der Waals surface area contributed by atoms with Gasteiger partial charge < -0.3 is 10.3 Å². The van der Waals surface area contributed by atoms with E-state index in [1.807, 2.05) is 6.33 Å². The predicted molar refractivity (Wildman–Crippen MR) is 63.8 cm³/mol. The lowest BCUT2D eigenvalue weighted by molar-refractivity contribution is 0.221. The van der Waals surface area contributed by atoms with Crippen molar-refractivity contribution in [2.24, 2.45) is 11.7 Å². The number of nitrogens with zero attached hydrogens (tertiary/aromatic N) is 3. The van der Waals surface area contributed by atoms with Crippen molar-refractivity contribution in [2.45, 2.75) is 58.0 Å². The Morgan fingerprint density at radius 1 is 1.62 bits per heavy atom. The van der Waals surface area contributed by atoms with E-state index in [0.29, 0.717) is 5.92 Å². The summed E-state index contributed by atoms with van der Waals surface area (Å²) in [4.78, 5) is 0. The quantitative estimate of drug-likeness (QED) is 0.851. The van der Waals surface area contributed by atoms with Crippen molar-refractivity contribution in [1.29, 1.82) is 0 Å². The molecule has 90 valence electrons. The highest BCUT2D eigenvalue weighted by atomic mass is 15.3. The number of aromatic nitrogens is 3. The monoisotopic (exact) mass is 222 g/mol. The Labute approximate surface area is 97.2 Å².